The van der Waals surface area contributed by atoms with Crippen molar-refractivity contribution in [3.63, 3.8) is 0 Å². The number of imidazole rings is 1. The third-order valence-corrected chi connectivity index (χ3v) is 4.84. The average molecular weight is 345 g/mol. The van der Waals surface area contributed by atoms with E-state index in [1.807, 2.05) is 31.5 Å². The van der Waals surface area contributed by atoms with E-state index in [-0.39, 0.29) is 0 Å². The zero-order chi connectivity index (χ0) is 17.7. The maximum atomic E-state index is 11.9. The predicted octanol–water partition coefficient (Wildman–Crippen LogP) is 1.89. The first-order valence-electron chi connectivity index (χ1n) is 7.51. The molecular weight excluding hydrogens is 326 g/mol. The molecule has 0 fully saturated rings. The molecule has 8 heteroatoms. The molecule has 0 aliphatic rings. The number of hydrogen-bond donors (Lipinski definition) is 2. The summed E-state index contributed by atoms with van der Waals surface area (Å²) < 4.78 is 1.97. The molecule has 0 aliphatic heterocycles. The number of nitriles is 1. The second kappa shape index (κ2) is 7.75. The minimum atomic E-state index is -0.758. The van der Waals surface area contributed by atoms with Crippen molar-refractivity contribution in [2.24, 2.45) is 0 Å². The summed E-state index contributed by atoms with van der Waals surface area (Å²) in [4.78, 5) is 28.8. The van der Waals surface area contributed by atoms with Crippen molar-refractivity contribution < 1.29 is 9.59 Å². The molecule has 0 saturated carbocycles. The summed E-state index contributed by atoms with van der Waals surface area (Å²) in [7, 11) is 0. The normalized spacial score (nSPS) is 10.2. The summed E-state index contributed by atoms with van der Waals surface area (Å²) in [5.74, 6) is -0.553. The fraction of sp³-hybridized carbons (Fsp3) is 0.375. The first-order valence-corrected chi connectivity index (χ1v) is 8.32. The van der Waals surface area contributed by atoms with Gasteiger partial charge in [0.15, 0.2) is 0 Å². The lowest BCUT2D eigenvalue weighted by molar-refractivity contribution is -0.136. The lowest BCUT2D eigenvalue weighted by Crippen LogP contribution is -2.36. The average Bonchev–Trinajstić information content (AvgIpc) is 3.07. The number of nitrogens with one attached hydrogen (secondary N) is 2. The molecule has 0 atom stereocenters. The number of carbonyl (C=O) groups excluding carboxylic acids is 2. The second-order valence-corrected chi connectivity index (χ2v) is 6.56. The predicted molar refractivity (Wildman–Crippen MR) is 91.7 cm³/mol. The van der Waals surface area contributed by atoms with Crippen molar-refractivity contribution >= 4 is 28.2 Å². The van der Waals surface area contributed by atoms with Crippen LogP contribution in [0.15, 0.2) is 12.4 Å². The Balaban J connectivity index is 1.83. The standard InChI is InChI=1S/C16H19N5O2S/c1-10-11(2)24-16(13(10)9-17)20-15(23)14(22)19-5-4-7-21-8-6-18-12(21)3/h6,8H,4-5,7H2,1-3H3,(H,19,22)(H,20,23). The van der Waals surface area contributed by atoms with Crippen LogP contribution in [0.3, 0.4) is 0 Å². The summed E-state index contributed by atoms with van der Waals surface area (Å²) in [5, 5.41) is 14.7. The number of anilines is 1. The van der Waals surface area contributed by atoms with Gasteiger partial charge in [-0.1, -0.05) is 0 Å². The van der Waals surface area contributed by atoms with E-state index in [9.17, 15) is 9.59 Å². The highest BCUT2D eigenvalue weighted by molar-refractivity contribution is 7.16. The van der Waals surface area contributed by atoms with Crippen molar-refractivity contribution in [1.29, 1.82) is 5.26 Å². The maximum absolute atomic E-state index is 11.9. The topological polar surface area (TPSA) is 99.8 Å². The van der Waals surface area contributed by atoms with Crippen LogP contribution in [-0.2, 0) is 16.1 Å². The molecule has 2 amide bonds. The number of aromatic nitrogens is 2. The van der Waals surface area contributed by atoms with Crippen LogP contribution in [0, 0.1) is 32.1 Å². The highest BCUT2D eigenvalue weighted by atomic mass is 32.1. The molecule has 2 aromatic heterocycles. The number of thiophene rings is 1. The van der Waals surface area contributed by atoms with E-state index in [1.165, 1.54) is 11.3 Å². The van der Waals surface area contributed by atoms with Gasteiger partial charge in [-0.3, -0.25) is 9.59 Å². The first-order chi connectivity index (χ1) is 11.4. The van der Waals surface area contributed by atoms with Crippen molar-refractivity contribution in [3.8, 4) is 6.07 Å². The molecular formula is C16H19N5O2S. The summed E-state index contributed by atoms with van der Waals surface area (Å²) >= 11 is 1.29. The molecule has 0 spiro atoms. The van der Waals surface area contributed by atoms with Crippen LogP contribution in [0.25, 0.3) is 0 Å². The molecule has 0 aliphatic carbocycles. The zero-order valence-electron chi connectivity index (χ0n) is 13.8. The van der Waals surface area contributed by atoms with Gasteiger partial charge in [0.1, 0.15) is 16.9 Å². The molecule has 2 heterocycles. The largest absolute Gasteiger partial charge is 0.348 e. The van der Waals surface area contributed by atoms with Gasteiger partial charge < -0.3 is 15.2 Å². The van der Waals surface area contributed by atoms with E-state index < -0.39 is 11.8 Å². The lowest BCUT2D eigenvalue weighted by atomic mass is 10.2. The zero-order valence-corrected chi connectivity index (χ0v) is 14.7. The SMILES string of the molecule is Cc1sc(NC(=O)C(=O)NCCCn2ccnc2C)c(C#N)c1C. The Morgan fingerprint density at radius 3 is 2.71 bits per heavy atom. The smallest absolute Gasteiger partial charge is 0.314 e. The molecule has 0 unspecified atom stereocenters. The van der Waals surface area contributed by atoms with Gasteiger partial charge in [-0.2, -0.15) is 5.26 Å². The van der Waals surface area contributed by atoms with Crippen molar-refractivity contribution in [3.05, 3.63) is 34.2 Å². The fourth-order valence-electron chi connectivity index (χ4n) is 2.18. The summed E-state index contributed by atoms with van der Waals surface area (Å²) in [6.45, 7) is 6.70. The van der Waals surface area contributed by atoms with Crippen LogP contribution >= 0.6 is 11.3 Å². The van der Waals surface area contributed by atoms with Gasteiger partial charge in [-0.05, 0) is 32.8 Å². The fourth-order valence-corrected chi connectivity index (χ4v) is 3.19. The molecule has 2 aromatic rings. The molecule has 24 heavy (non-hydrogen) atoms. The van der Waals surface area contributed by atoms with E-state index in [0.29, 0.717) is 23.5 Å². The Morgan fingerprint density at radius 1 is 1.33 bits per heavy atom. The highest BCUT2D eigenvalue weighted by Gasteiger charge is 2.18. The molecule has 0 radical (unpaired) electrons. The first kappa shape index (κ1) is 17.7. The Morgan fingerprint density at radius 2 is 2.08 bits per heavy atom. The van der Waals surface area contributed by atoms with Crippen LogP contribution in [-0.4, -0.2) is 27.9 Å². The molecule has 0 aromatic carbocycles. The minimum absolute atomic E-state index is 0.386. The summed E-state index contributed by atoms with van der Waals surface area (Å²) in [6.07, 6.45) is 4.28. The number of nitrogens with zero attached hydrogens (tertiary/aromatic N) is 3. The van der Waals surface area contributed by atoms with Gasteiger partial charge in [0.05, 0.1) is 5.56 Å². The van der Waals surface area contributed by atoms with Crippen LogP contribution in [0.4, 0.5) is 5.00 Å². The van der Waals surface area contributed by atoms with Crippen LogP contribution < -0.4 is 10.6 Å². The third-order valence-electron chi connectivity index (χ3n) is 3.72. The Hall–Kier alpha value is -2.66. The number of rotatable bonds is 5. The van der Waals surface area contributed by atoms with E-state index in [0.717, 1.165) is 22.8 Å². The van der Waals surface area contributed by atoms with Gasteiger partial charge in [-0.25, -0.2) is 4.98 Å². The van der Waals surface area contributed by atoms with Crippen LogP contribution in [0.5, 0.6) is 0 Å². The Labute approximate surface area is 144 Å². The van der Waals surface area contributed by atoms with Crippen molar-refractivity contribution in [1.82, 2.24) is 14.9 Å². The molecule has 126 valence electrons. The van der Waals surface area contributed by atoms with Gasteiger partial charge in [0.25, 0.3) is 0 Å². The van der Waals surface area contributed by atoms with Gasteiger partial charge in [0, 0.05) is 30.4 Å². The molecule has 2 rings (SSSR count). The van der Waals surface area contributed by atoms with E-state index >= 15 is 0 Å². The van der Waals surface area contributed by atoms with Gasteiger partial charge in [0.2, 0.25) is 0 Å². The van der Waals surface area contributed by atoms with Crippen LogP contribution in [0.2, 0.25) is 0 Å². The van der Waals surface area contributed by atoms with E-state index in [4.69, 9.17) is 5.26 Å². The number of hydrogen-bond acceptors (Lipinski definition) is 5. The van der Waals surface area contributed by atoms with Crippen molar-refractivity contribution in [2.75, 3.05) is 11.9 Å². The number of amides is 2. The second-order valence-electron chi connectivity index (χ2n) is 5.33. The quantitative estimate of drug-likeness (QED) is 0.638. The van der Waals surface area contributed by atoms with E-state index in [1.54, 1.807) is 6.20 Å². The highest BCUT2D eigenvalue weighted by Crippen LogP contribution is 2.31. The molecule has 0 bridgehead atoms. The minimum Gasteiger partial charge on any atom is -0.348 e. The Bertz CT molecular complexity index is 800. The molecule has 7 nitrogen and oxygen atoms in total. The monoisotopic (exact) mass is 345 g/mol. The third kappa shape index (κ3) is 4.00. The Kier molecular flexibility index (Phi) is 5.71. The lowest BCUT2D eigenvalue weighted by Gasteiger charge is -2.07. The van der Waals surface area contributed by atoms with Gasteiger partial charge >= 0.3 is 11.8 Å². The number of aryl methyl sites for hydroxylation is 3. The summed E-state index contributed by atoms with van der Waals surface area (Å²) in [5.41, 5.74) is 1.24. The van der Waals surface area contributed by atoms with Crippen molar-refractivity contribution in [2.45, 2.75) is 33.7 Å². The summed E-state index contributed by atoms with van der Waals surface area (Å²) in [6, 6.07) is 2.06. The van der Waals surface area contributed by atoms with E-state index in [2.05, 4.69) is 21.7 Å². The van der Waals surface area contributed by atoms with Crippen LogP contribution in [0.1, 0.15) is 28.2 Å². The number of carbonyl (C=O) groups is 2. The van der Waals surface area contributed by atoms with Gasteiger partial charge in [-0.15, -0.1) is 11.3 Å². The molecule has 2 N–H and O–H groups in total. The maximum Gasteiger partial charge on any atom is 0.314 e. The molecule has 0 saturated heterocycles.